The molecule has 0 saturated carbocycles. The first-order chi connectivity index (χ1) is 10.2. The monoisotopic (exact) mass is 288 g/mol. The second-order valence-corrected chi connectivity index (χ2v) is 5.96. The molecule has 1 saturated heterocycles. The molecule has 1 heterocycles. The van der Waals surface area contributed by atoms with Gasteiger partial charge in [-0.3, -0.25) is 4.90 Å². The molecule has 21 heavy (non-hydrogen) atoms. The van der Waals surface area contributed by atoms with Crippen molar-refractivity contribution in [3.05, 3.63) is 47.7 Å². The number of allylic oxidation sites excluding steroid dienone is 2. The molecule has 0 spiro atoms. The second-order valence-electron chi connectivity index (χ2n) is 5.96. The summed E-state index contributed by atoms with van der Waals surface area (Å²) in [4.78, 5) is 8.58. The average molecular weight is 288 g/mol. The lowest BCUT2D eigenvalue weighted by Crippen LogP contribution is -2.43. The molecule has 1 aromatic carbocycles. The molecule has 116 valence electrons. The number of nitrogens with zero attached hydrogens (tertiary/aromatic N) is 2. The predicted molar refractivity (Wildman–Crippen MR) is 87.4 cm³/mol. The predicted octanol–water partition coefficient (Wildman–Crippen LogP) is 4.18. The summed E-state index contributed by atoms with van der Waals surface area (Å²) in [7, 11) is 0. The molecule has 1 aromatic rings. The number of hydroxylamine groups is 2. The third-order valence-electron chi connectivity index (χ3n) is 3.73. The van der Waals surface area contributed by atoms with Crippen molar-refractivity contribution < 1.29 is 4.84 Å². The van der Waals surface area contributed by atoms with Crippen LogP contribution in [0.5, 0.6) is 0 Å². The van der Waals surface area contributed by atoms with E-state index in [4.69, 9.17) is 4.84 Å². The second kappa shape index (κ2) is 8.20. The van der Waals surface area contributed by atoms with E-state index in [2.05, 4.69) is 67.1 Å². The van der Waals surface area contributed by atoms with E-state index in [1.165, 1.54) is 5.56 Å². The average Bonchev–Trinajstić information content (AvgIpc) is 2.44. The van der Waals surface area contributed by atoms with Crippen LogP contribution in [-0.4, -0.2) is 29.2 Å². The van der Waals surface area contributed by atoms with Crippen molar-refractivity contribution in [1.82, 2.24) is 9.96 Å². The minimum atomic E-state index is 0.377. The van der Waals surface area contributed by atoms with Gasteiger partial charge in [-0.25, -0.2) is 0 Å². The fourth-order valence-electron chi connectivity index (χ4n) is 2.58. The minimum absolute atomic E-state index is 0.377. The van der Waals surface area contributed by atoms with Gasteiger partial charge in [0, 0.05) is 25.6 Å². The van der Waals surface area contributed by atoms with Crippen molar-refractivity contribution in [3.63, 3.8) is 0 Å². The van der Waals surface area contributed by atoms with Gasteiger partial charge in [-0.1, -0.05) is 37.3 Å². The Bertz CT molecular complexity index is 442. The molecular formula is C18H28N2O. The lowest BCUT2D eigenvalue weighted by atomic mass is 10.2. The Hall–Kier alpha value is -1.32. The maximum atomic E-state index is 6.11. The summed E-state index contributed by atoms with van der Waals surface area (Å²) in [5.74, 6) is 1.13. The summed E-state index contributed by atoms with van der Waals surface area (Å²) in [6, 6.07) is 11.1. The molecule has 0 N–H and O–H groups in total. The molecule has 3 heteroatoms. The summed E-state index contributed by atoms with van der Waals surface area (Å²) in [6.07, 6.45) is 5.43. The first-order valence-corrected chi connectivity index (χ1v) is 8.09. The summed E-state index contributed by atoms with van der Waals surface area (Å²) in [5.41, 5.74) is 1.37. The summed E-state index contributed by atoms with van der Waals surface area (Å²) < 4.78 is 0. The van der Waals surface area contributed by atoms with E-state index in [1.807, 2.05) is 0 Å². The number of benzene rings is 1. The Kier molecular flexibility index (Phi) is 6.27. The Morgan fingerprint density at radius 3 is 2.67 bits per heavy atom. The molecule has 0 aliphatic carbocycles. The van der Waals surface area contributed by atoms with Gasteiger partial charge in [0.05, 0.1) is 6.67 Å². The van der Waals surface area contributed by atoms with Crippen LogP contribution in [-0.2, 0) is 11.4 Å². The van der Waals surface area contributed by atoms with Crippen molar-refractivity contribution in [2.45, 2.75) is 52.6 Å². The van der Waals surface area contributed by atoms with Gasteiger partial charge in [-0.15, -0.1) is 5.06 Å². The van der Waals surface area contributed by atoms with Crippen molar-refractivity contribution in [2.24, 2.45) is 0 Å². The summed E-state index contributed by atoms with van der Waals surface area (Å²) in [6.45, 7) is 9.49. The van der Waals surface area contributed by atoms with E-state index < -0.39 is 0 Å². The SMILES string of the molecule is CC/C=C1\CCCN(Cc2ccccc2)CN(C(C)C)O1. The van der Waals surface area contributed by atoms with Gasteiger partial charge in [0.25, 0.3) is 0 Å². The number of hydrogen-bond acceptors (Lipinski definition) is 3. The van der Waals surface area contributed by atoms with Crippen LogP contribution in [0.2, 0.25) is 0 Å². The third-order valence-corrected chi connectivity index (χ3v) is 3.73. The number of rotatable bonds is 4. The van der Waals surface area contributed by atoms with Crippen molar-refractivity contribution >= 4 is 0 Å². The summed E-state index contributed by atoms with van der Waals surface area (Å²) >= 11 is 0. The zero-order valence-corrected chi connectivity index (χ0v) is 13.6. The van der Waals surface area contributed by atoms with Gasteiger partial charge in [0.2, 0.25) is 0 Å². The minimum Gasteiger partial charge on any atom is -0.409 e. The molecule has 1 aliphatic heterocycles. The molecule has 0 atom stereocenters. The van der Waals surface area contributed by atoms with Gasteiger partial charge in [-0.05, 0) is 38.3 Å². The summed E-state index contributed by atoms with van der Waals surface area (Å²) in [5, 5.41) is 2.10. The molecule has 2 rings (SSSR count). The van der Waals surface area contributed by atoms with Gasteiger partial charge >= 0.3 is 0 Å². The first kappa shape index (κ1) is 16.1. The zero-order chi connectivity index (χ0) is 15.1. The van der Waals surface area contributed by atoms with E-state index in [-0.39, 0.29) is 0 Å². The Labute approximate surface area is 129 Å². The van der Waals surface area contributed by atoms with E-state index in [0.29, 0.717) is 6.04 Å². The van der Waals surface area contributed by atoms with E-state index >= 15 is 0 Å². The van der Waals surface area contributed by atoms with Gasteiger partial charge in [-0.2, -0.15) is 0 Å². The lowest BCUT2D eigenvalue weighted by Gasteiger charge is -2.35. The molecule has 3 nitrogen and oxygen atoms in total. The largest absolute Gasteiger partial charge is 0.409 e. The third kappa shape index (κ3) is 5.18. The smallest absolute Gasteiger partial charge is 0.120 e. The van der Waals surface area contributed by atoms with Crippen molar-refractivity contribution in [2.75, 3.05) is 13.2 Å². The fourth-order valence-corrected chi connectivity index (χ4v) is 2.58. The quantitative estimate of drug-likeness (QED) is 0.827. The normalized spacial score (nSPS) is 20.3. The standard InChI is InChI=1S/C18H28N2O/c1-4-9-18-12-8-13-19(15-20(21-18)16(2)3)14-17-10-6-5-7-11-17/h5-7,9-11,16H,4,8,12-15H2,1-3H3/b18-9+. The van der Waals surface area contributed by atoms with Crippen LogP contribution in [0.25, 0.3) is 0 Å². The molecule has 0 unspecified atom stereocenters. The molecule has 1 fully saturated rings. The Morgan fingerprint density at radius 1 is 1.24 bits per heavy atom. The van der Waals surface area contributed by atoms with Gasteiger partial charge in [0.15, 0.2) is 0 Å². The molecule has 0 amide bonds. The highest BCUT2D eigenvalue weighted by Gasteiger charge is 2.20. The maximum absolute atomic E-state index is 6.11. The van der Waals surface area contributed by atoms with Crippen LogP contribution >= 0.6 is 0 Å². The van der Waals surface area contributed by atoms with Crippen LogP contribution < -0.4 is 0 Å². The van der Waals surface area contributed by atoms with E-state index in [0.717, 1.165) is 44.8 Å². The first-order valence-electron chi connectivity index (χ1n) is 8.09. The number of hydrogen-bond donors (Lipinski definition) is 0. The molecule has 0 bridgehead atoms. The molecular weight excluding hydrogens is 260 g/mol. The van der Waals surface area contributed by atoms with Crippen LogP contribution in [0.4, 0.5) is 0 Å². The van der Waals surface area contributed by atoms with Gasteiger partial charge in [0.1, 0.15) is 5.76 Å². The van der Waals surface area contributed by atoms with Gasteiger partial charge < -0.3 is 4.84 Å². The van der Waals surface area contributed by atoms with E-state index in [9.17, 15) is 0 Å². The van der Waals surface area contributed by atoms with E-state index in [1.54, 1.807) is 0 Å². The highest BCUT2D eigenvalue weighted by molar-refractivity contribution is 5.14. The van der Waals surface area contributed by atoms with Crippen LogP contribution in [0.3, 0.4) is 0 Å². The van der Waals surface area contributed by atoms with Crippen molar-refractivity contribution in [3.8, 4) is 0 Å². The van der Waals surface area contributed by atoms with Crippen LogP contribution in [0, 0.1) is 0 Å². The Morgan fingerprint density at radius 2 is 2.00 bits per heavy atom. The zero-order valence-electron chi connectivity index (χ0n) is 13.6. The van der Waals surface area contributed by atoms with Crippen LogP contribution in [0.1, 0.15) is 45.6 Å². The van der Waals surface area contributed by atoms with Crippen LogP contribution in [0.15, 0.2) is 42.2 Å². The Balaban J connectivity index is 2.02. The molecule has 0 aromatic heterocycles. The van der Waals surface area contributed by atoms with Crippen molar-refractivity contribution in [1.29, 1.82) is 0 Å². The highest BCUT2D eigenvalue weighted by atomic mass is 16.7. The lowest BCUT2D eigenvalue weighted by molar-refractivity contribution is -0.179. The topological polar surface area (TPSA) is 15.7 Å². The maximum Gasteiger partial charge on any atom is 0.120 e. The molecule has 1 aliphatic rings. The molecule has 0 radical (unpaired) electrons. The fraction of sp³-hybridized carbons (Fsp3) is 0.556. The highest BCUT2D eigenvalue weighted by Crippen LogP contribution is 2.19.